The maximum atomic E-state index is 9.14. The topological polar surface area (TPSA) is 32.7 Å². The van der Waals surface area contributed by atoms with Gasteiger partial charge in [0.2, 0.25) is 0 Å². The first-order valence-corrected chi connectivity index (χ1v) is 8.48. The fourth-order valence-corrected chi connectivity index (χ4v) is 3.66. The smallest absolute Gasteiger partial charge is 0.172 e. The molecule has 0 radical (unpaired) electrons. The molecule has 1 aliphatic rings. The Bertz CT molecular complexity index is 600. The van der Waals surface area contributed by atoms with Crippen LogP contribution in [0.5, 0.6) is 0 Å². The quantitative estimate of drug-likeness (QED) is 0.846. The molecule has 2 N–H and O–H groups in total. The van der Waals surface area contributed by atoms with Crippen molar-refractivity contribution in [2.45, 2.75) is 19.0 Å². The molecule has 0 aromatic heterocycles. The van der Waals surface area contributed by atoms with E-state index in [9.17, 15) is 0 Å². The van der Waals surface area contributed by atoms with Crippen molar-refractivity contribution in [1.29, 1.82) is 5.26 Å². The maximum Gasteiger partial charge on any atom is 0.172 e. The Kier molecular flexibility index (Phi) is 5.07. The van der Waals surface area contributed by atoms with E-state index in [0.29, 0.717) is 6.04 Å². The summed E-state index contributed by atoms with van der Waals surface area (Å²) in [5.74, 6) is 0. The Balaban J connectivity index is 1.82. The van der Waals surface area contributed by atoms with Crippen LogP contribution in [-0.4, -0.2) is 32.2 Å². The highest BCUT2D eigenvalue weighted by molar-refractivity contribution is 5.29. The highest BCUT2D eigenvalue weighted by Crippen LogP contribution is 2.18. The molecule has 1 fully saturated rings. The fourth-order valence-electron chi connectivity index (χ4n) is 3.66. The molecular weight excluding hydrogens is 282 g/mol. The molecule has 0 saturated carbocycles. The lowest BCUT2D eigenvalue weighted by Gasteiger charge is -2.35. The number of hydrogen-bond donors (Lipinski definition) is 2. The van der Waals surface area contributed by atoms with Crippen molar-refractivity contribution in [3.8, 4) is 6.07 Å². The number of rotatable bonds is 4. The first kappa shape index (κ1) is 15.7. The Morgan fingerprint density at radius 3 is 1.65 bits per heavy atom. The Morgan fingerprint density at radius 1 is 0.783 bits per heavy atom. The summed E-state index contributed by atoms with van der Waals surface area (Å²) in [6.07, 6.45) is 0. The summed E-state index contributed by atoms with van der Waals surface area (Å²) >= 11 is 0. The molecule has 1 saturated heterocycles. The molecule has 2 aromatic rings. The summed E-state index contributed by atoms with van der Waals surface area (Å²) in [7, 11) is 0. The van der Waals surface area contributed by atoms with Crippen molar-refractivity contribution >= 4 is 0 Å². The molecule has 2 aromatic carbocycles. The second-order valence-corrected chi connectivity index (χ2v) is 6.42. The fraction of sp³-hybridized carbons (Fsp3) is 0.350. The summed E-state index contributed by atoms with van der Waals surface area (Å²) in [6.45, 7) is 6.39. The lowest BCUT2D eigenvalue weighted by Crippen LogP contribution is -3.29. The molecular formula is C20H25N3+2. The number of quaternary nitrogens is 2. The van der Waals surface area contributed by atoms with Gasteiger partial charge in [0, 0.05) is 18.1 Å². The first-order valence-electron chi connectivity index (χ1n) is 8.48. The predicted octanol–water partition coefficient (Wildman–Crippen LogP) is 0.471. The van der Waals surface area contributed by atoms with Crippen molar-refractivity contribution in [1.82, 2.24) is 0 Å². The van der Waals surface area contributed by atoms with Crippen LogP contribution < -0.4 is 9.80 Å². The van der Waals surface area contributed by atoms with Gasteiger partial charge in [0.1, 0.15) is 38.3 Å². The normalized spacial score (nSPS) is 22.5. The van der Waals surface area contributed by atoms with E-state index in [-0.39, 0.29) is 6.04 Å². The van der Waals surface area contributed by atoms with E-state index in [1.807, 2.05) is 6.92 Å². The maximum absolute atomic E-state index is 9.14. The van der Waals surface area contributed by atoms with E-state index in [1.54, 1.807) is 4.90 Å². The van der Waals surface area contributed by atoms with Gasteiger partial charge in [-0.3, -0.25) is 0 Å². The van der Waals surface area contributed by atoms with Crippen LogP contribution in [0.15, 0.2) is 60.7 Å². The Morgan fingerprint density at radius 2 is 1.22 bits per heavy atom. The van der Waals surface area contributed by atoms with Gasteiger partial charge in [-0.15, -0.1) is 0 Å². The number of piperazine rings is 1. The van der Waals surface area contributed by atoms with Gasteiger partial charge in [0.25, 0.3) is 0 Å². The number of benzene rings is 2. The van der Waals surface area contributed by atoms with Crippen LogP contribution in [0.25, 0.3) is 0 Å². The van der Waals surface area contributed by atoms with Crippen LogP contribution in [0.3, 0.4) is 0 Å². The van der Waals surface area contributed by atoms with Crippen LogP contribution >= 0.6 is 0 Å². The van der Waals surface area contributed by atoms with E-state index in [0.717, 1.165) is 26.2 Å². The van der Waals surface area contributed by atoms with E-state index in [4.69, 9.17) is 5.26 Å². The second kappa shape index (κ2) is 7.41. The van der Waals surface area contributed by atoms with Crippen LogP contribution in [0.4, 0.5) is 0 Å². The molecule has 0 unspecified atom stereocenters. The number of nitrogens with zero attached hydrogens (tertiary/aromatic N) is 1. The monoisotopic (exact) mass is 307 g/mol. The zero-order valence-electron chi connectivity index (χ0n) is 13.7. The van der Waals surface area contributed by atoms with Crippen LogP contribution in [0.1, 0.15) is 24.1 Å². The van der Waals surface area contributed by atoms with E-state index < -0.39 is 0 Å². The number of hydrogen-bond acceptors (Lipinski definition) is 1. The van der Waals surface area contributed by atoms with Crippen molar-refractivity contribution in [3.05, 3.63) is 71.8 Å². The largest absolute Gasteiger partial charge is 0.316 e. The Labute approximate surface area is 138 Å². The van der Waals surface area contributed by atoms with Crippen molar-refractivity contribution in [2.24, 2.45) is 0 Å². The second-order valence-electron chi connectivity index (χ2n) is 6.42. The molecule has 0 spiro atoms. The van der Waals surface area contributed by atoms with Gasteiger partial charge < -0.3 is 9.80 Å². The highest BCUT2D eigenvalue weighted by atomic mass is 15.3. The molecule has 1 aliphatic heterocycles. The van der Waals surface area contributed by atoms with Crippen molar-refractivity contribution in [3.63, 3.8) is 0 Å². The molecule has 3 heteroatoms. The molecule has 23 heavy (non-hydrogen) atoms. The average molecular weight is 307 g/mol. The van der Waals surface area contributed by atoms with Crippen LogP contribution in [-0.2, 0) is 0 Å². The summed E-state index contributed by atoms with van der Waals surface area (Å²) in [6, 6.07) is 24.5. The first-order chi connectivity index (χ1) is 11.3. The molecule has 0 bridgehead atoms. The van der Waals surface area contributed by atoms with Crippen LogP contribution in [0.2, 0.25) is 0 Å². The van der Waals surface area contributed by atoms with Gasteiger partial charge in [-0.1, -0.05) is 60.7 Å². The van der Waals surface area contributed by atoms with Crippen molar-refractivity contribution in [2.75, 3.05) is 26.2 Å². The minimum atomic E-state index is 0.100. The van der Waals surface area contributed by atoms with Gasteiger partial charge in [0.05, 0.1) is 0 Å². The summed E-state index contributed by atoms with van der Waals surface area (Å²) in [5, 5.41) is 9.14. The van der Waals surface area contributed by atoms with Gasteiger partial charge in [-0.25, -0.2) is 0 Å². The number of nitriles is 1. The summed E-state index contributed by atoms with van der Waals surface area (Å²) in [4.78, 5) is 3.03. The van der Waals surface area contributed by atoms with Gasteiger partial charge >= 0.3 is 0 Å². The van der Waals surface area contributed by atoms with E-state index in [1.165, 1.54) is 16.0 Å². The summed E-state index contributed by atoms with van der Waals surface area (Å²) in [5.41, 5.74) is 2.76. The minimum absolute atomic E-state index is 0.100. The SMILES string of the molecule is C[C@@H](C#N)[NH+]1CC[NH+](C(c2ccccc2)c2ccccc2)CC1. The van der Waals surface area contributed by atoms with Gasteiger partial charge in [-0.2, -0.15) is 5.26 Å². The molecule has 0 aliphatic carbocycles. The lowest BCUT2D eigenvalue weighted by molar-refractivity contribution is -1.03. The van der Waals surface area contributed by atoms with E-state index >= 15 is 0 Å². The molecule has 3 nitrogen and oxygen atoms in total. The molecule has 1 heterocycles. The average Bonchev–Trinajstić information content (AvgIpc) is 2.64. The number of nitrogens with one attached hydrogen (secondary N) is 2. The molecule has 1 atom stereocenters. The van der Waals surface area contributed by atoms with Gasteiger partial charge in [-0.05, 0) is 0 Å². The third-order valence-electron chi connectivity index (χ3n) is 5.01. The third-order valence-corrected chi connectivity index (χ3v) is 5.01. The molecule has 118 valence electrons. The predicted molar refractivity (Wildman–Crippen MR) is 91.2 cm³/mol. The zero-order chi connectivity index (χ0) is 16.1. The van der Waals surface area contributed by atoms with E-state index in [2.05, 4.69) is 66.7 Å². The molecule has 0 amide bonds. The summed E-state index contributed by atoms with van der Waals surface area (Å²) < 4.78 is 0. The van der Waals surface area contributed by atoms with Gasteiger partial charge in [0.15, 0.2) is 6.04 Å². The van der Waals surface area contributed by atoms with Crippen molar-refractivity contribution < 1.29 is 9.80 Å². The Hall–Kier alpha value is -2.15. The standard InChI is InChI=1S/C20H23N3/c1-17(16-21)22-12-14-23(15-13-22)20(18-8-4-2-5-9-18)19-10-6-3-7-11-19/h2-11,17,20H,12-15H2,1H3/p+2/t17-/m0/s1. The highest BCUT2D eigenvalue weighted by Gasteiger charge is 2.33. The minimum Gasteiger partial charge on any atom is -0.316 e. The lowest BCUT2D eigenvalue weighted by atomic mass is 9.96. The third kappa shape index (κ3) is 3.61. The van der Waals surface area contributed by atoms with Crippen LogP contribution in [0, 0.1) is 11.3 Å². The molecule has 3 rings (SSSR count). The zero-order valence-corrected chi connectivity index (χ0v) is 13.7.